The Balaban J connectivity index is 2.82. The first-order chi connectivity index (χ1) is 5.27. The number of hydrogen-bond acceptors (Lipinski definition) is 4. The summed E-state index contributed by atoms with van der Waals surface area (Å²) >= 11 is 0. The molecule has 0 radical (unpaired) electrons. The lowest BCUT2D eigenvalue weighted by atomic mass is 10.2. The second-order valence-electron chi connectivity index (χ2n) is 2.15. The van der Waals surface area contributed by atoms with E-state index in [1.54, 1.807) is 0 Å². The average Bonchev–Trinajstić information content (AvgIpc) is 2.50. The third-order valence-corrected chi connectivity index (χ3v) is 1.35. The molecular formula is C7H8N2O2. The van der Waals surface area contributed by atoms with Gasteiger partial charge in [-0.05, 0) is 6.07 Å². The van der Waals surface area contributed by atoms with Gasteiger partial charge in [-0.25, -0.2) is 0 Å². The summed E-state index contributed by atoms with van der Waals surface area (Å²) in [6, 6.07) is 2.88. The zero-order valence-corrected chi connectivity index (χ0v) is 5.82. The van der Waals surface area contributed by atoms with Crippen LogP contribution in [0.25, 0.3) is 0 Å². The summed E-state index contributed by atoms with van der Waals surface area (Å²) in [6.45, 7) is -0.148. The van der Waals surface area contributed by atoms with Gasteiger partial charge in [0.25, 0.3) is 0 Å². The van der Waals surface area contributed by atoms with Crippen molar-refractivity contribution in [2.75, 3.05) is 6.61 Å². The van der Waals surface area contributed by atoms with Crippen LogP contribution >= 0.6 is 0 Å². The van der Waals surface area contributed by atoms with Crippen LogP contribution in [0.3, 0.4) is 0 Å². The fourth-order valence-electron chi connectivity index (χ4n) is 0.709. The second-order valence-corrected chi connectivity index (χ2v) is 2.15. The number of hydrogen-bond donors (Lipinski definition) is 2. The average molecular weight is 152 g/mol. The van der Waals surface area contributed by atoms with Crippen LogP contribution in [0, 0.1) is 11.3 Å². The van der Waals surface area contributed by atoms with Gasteiger partial charge in [0, 0.05) is 5.56 Å². The van der Waals surface area contributed by atoms with E-state index in [2.05, 4.69) is 0 Å². The number of nitriles is 1. The van der Waals surface area contributed by atoms with E-state index in [4.69, 9.17) is 20.5 Å². The Hall–Kier alpha value is -1.31. The number of rotatable bonds is 2. The normalized spacial score (nSPS) is 12.5. The Bertz CT molecular complexity index is 274. The second kappa shape index (κ2) is 3.19. The highest BCUT2D eigenvalue weighted by molar-refractivity contribution is 5.24. The molecule has 1 heterocycles. The van der Waals surface area contributed by atoms with E-state index >= 15 is 0 Å². The maximum absolute atomic E-state index is 8.62. The molecule has 1 atom stereocenters. The van der Waals surface area contributed by atoms with Crippen molar-refractivity contribution >= 4 is 0 Å². The molecule has 11 heavy (non-hydrogen) atoms. The van der Waals surface area contributed by atoms with Crippen LogP contribution in [-0.4, -0.2) is 11.7 Å². The summed E-state index contributed by atoms with van der Waals surface area (Å²) in [6.07, 6.45) is 1.37. The first kappa shape index (κ1) is 7.79. The molecule has 0 aliphatic heterocycles. The number of nitrogens with zero attached hydrogens (tertiary/aromatic N) is 1. The molecule has 1 aromatic rings. The number of furan rings is 1. The SMILES string of the molecule is N#Cc1cc([C@@H](N)CO)co1. The number of aliphatic hydroxyl groups is 1. The number of aliphatic hydroxyl groups excluding tert-OH is 1. The molecule has 4 heteroatoms. The molecular weight excluding hydrogens is 144 g/mol. The quantitative estimate of drug-likeness (QED) is 0.631. The van der Waals surface area contributed by atoms with Crippen molar-refractivity contribution < 1.29 is 9.52 Å². The van der Waals surface area contributed by atoms with Crippen LogP contribution in [0.1, 0.15) is 17.4 Å². The smallest absolute Gasteiger partial charge is 0.203 e. The molecule has 0 unspecified atom stereocenters. The van der Waals surface area contributed by atoms with E-state index in [0.717, 1.165) is 0 Å². The fourth-order valence-corrected chi connectivity index (χ4v) is 0.709. The van der Waals surface area contributed by atoms with Crippen LogP contribution in [-0.2, 0) is 0 Å². The Morgan fingerprint density at radius 3 is 3.00 bits per heavy atom. The van der Waals surface area contributed by atoms with Crippen molar-refractivity contribution in [2.24, 2.45) is 5.73 Å². The van der Waals surface area contributed by atoms with Gasteiger partial charge in [0.05, 0.1) is 18.9 Å². The maximum Gasteiger partial charge on any atom is 0.203 e. The first-order valence-corrected chi connectivity index (χ1v) is 3.13. The van der Waals surface area contributed by atoms with Gasteiger partial charge in [0.15, 0.2) is 0 Å². The van der Waals surface area contributed by atoms with Gasteiger partial charge in [-0.1, -0.05) is 0 Å². The summed E-state index contributed by atoms with van der Waals surface area (Å²) in [7, 11) is 0. The first-order valence-electron chi connectivity index (χ1n) is 3.13. The van der Waals surface area contributed by atoms with Crippen LogP contribution in [0.5, 0.6) is 0 Å². The van der Waals surface area contributed by atoms with E-state index in [0.29, 0.717) is 5.56 Å². The van der Waals surface area contributed by atoms with E-state index < -0.39 is 6.04 Å². The fraction of sp³-hybridized carbons (Fsp3) is 0.286. The molecule has 0 aliphatic rings. The van der Waals surface area contributed by atoms with Crippen LogP contribution in [0.2, 0.25) is 0 Å². The molecule has 0 saturated carbocycles. The highest BCUT2D eigenvalue weighted by Crippen LogP contribution is 2.12. The third-order valence-electron chi connectivity index (χ3n) is 1.35. The van der Waals surface area contributed by atoms with Crippen molar-refractivity contribution in [1.82, 2.24) is 0 Å². The predicted molar refractivity (Wildman–Crippen MR) is 37.4 cm³/mol. The maximum atomic E-state index is 8.62. The highest BCUT2D eigenvalue weighted by Gasteiger charge is 2.07. The summed E-state index contributed by atoms with van der Waals surface area (Å²) in [5.74, 6) is 0.212. The monoisotopic (exact) mass is 152 g/mol. The predicted octanol–water partition coefficient (Wildman–Crippen LogP) is 0.143. The van der Waals surface area contributed by atoms with Crippen molar-refractivity contribution in [3.63, 3.8) is 0 Å². The molecule has 0 bridgehead atoms. The Kier molecular flexibility index (Phi) is 2.26. The van der Waals surface area contributed by atoms with E-state index in [-0.39, 0.29) is 12.4 Å². The topological polar surface area (TPSA) is 83.2 Å². The van der Waals surface area contributed by atoms with Crippen molar-refractivity contribution in [3.8, 4) is 6.07 Å². The lowest BCUT2D eigenvalue weighted by molar-refractivity contribution is 0.267. The zero-order chi connectivity index (χ0) is 8.27. The molecule has 1 rings (SSSR count). The van der Waals surface area contributed by atoms with Crippen LogP contribution < -0.4 is 5.73 Å². The molecule has 0 aliphatic carbocycles. The van der Waals surface area contributed by atoms with Gasteiger partial charge in [-0.2, -0.15) is 5.26 Å². The molecule has 0 spiro atoms. The molecule has 3 N–H and O–H groups in total. The summed E-state index contributed by atoms with van der Waals surface area (Å²) in [4.78, 5) is 0. The Labute approximate surface area is 63.8 Å². The molecule has 1 aromatic heterocycles. The lowest BCUT2D eigenvalue weighted by Crippen LogP contribution is -2.13. The largest absolute Gasteiger partial charge is 0.454 e. The Morgan fingerprint density at radius 2 is 2.55 bits per heavy atom. The number of nitrogens with two attached hydrogens (primary N) is 1. The minimum atomic E-state index is -0.458. The highest BCUT2D eigenvalue weighted by atomic mass is 16.3. The van der Waals surface area contributed by atoms with Gasteiger partial charge in [-0.15, -0.1) is 0 Å². The third kappa shape index (κ3) is 1.58. The van der Waals surface area contributed by atoms with Crippen LogP contribution in [0.4, 0.5) is 0 Å². The molecule has 0 aromatic carbocycles. The zero-order valence-electron chi connectivity index (χ0n) is 5.82. The lowest BCUT2D eigenvalue weighted by Gasteiger charge is -2.01. The van der Waals surface area contributed by atoms with Crippen LogP contribution in [0.15, 0.2) is 16.7 Å². The van der Waals surface area contributed by atoms with E-state index in [9.17, 15) is 0 Å². The minimum absolute atomic E-state index is 0.148. The van der Waals surface area contributed by atoms with E-state index in [1.165, 1.54) is 12.3 Å². The standard InChI is InChI=1S/C7H8N2O2/c8-2-6-1-5(4-11-6)7(9)3-10/h1,4,7,10H,3,9H2/t7-/m0/s1. The summed E-state index contributed by atoms with van der Waals surface area (Å²) in [5, 5.41) is 17.0. The molecule has 0 fully saturated rings. The van der Waals surface area contributed by atoms with Crippen molar-refractivity contribution in [1.29, 1.82) is 5.26 Å². The molecule has 4 nitrogen and oxygen atoms in total. The summed E-state index contributed by atoms with van der Waals surface area (Å²) < 4.78 is 4.78. The molecule has 0 saturated heterocycles. The minimum Gasteiger partial charge on any atom is -0.454 e. The van der Waals surface area contributed by atoms with Gasteiger partial charge < -0.3 is 15.3 Å². The molecule has 58 valence electrons. The van der Waals surface area contributed by atoms with Gasteiger partial charge in [-0.3, -0.25) is 0 Å². The summed E-state index contributed by atoms with van der Waals surface area (Å²) in [5.41, 5.74) is 6.09. The van der Waals surface area contributed by atoms with E-state index in [1.807, 2.05) is 6.07 Å². The van der Waals surface area contributed by atoms with Gasteiger partial charge >= 0.3 is 0 Å². The molecule has 0 amide bonds. The van der Waals surface area contributed by atoms with Gasteiger partial charge in [0.1, 0.15) is 6.07 Å². The van der Waals surface area contributed by atoms with Gasteiger partial charge in [0.2, 0.25) is 5.76 Å². The van der Waals surface area contributed by atoms with Crippen molar-refractivity contribution in [3.05, 3.63) is 23.7 Å². The van der Waals surface area contributed by atoms with Crippen molar-refractivity contribution in [2.45, 2.75) is 6.04 Å². The Morgan fingerprint density at radius 1 is 1.82 bits per heavy atom.